The molecule has 0 radical (unpaired) electrons. The molecular formula is C29H33N7O. The highest BCUT2D eigenvalue weighted by Crippen LogP contribution is 2.20. The van der Waals surface area contributed by atoms with Crippen LogP contribution in [0.5, 0.6) is 0 Å². The zero-order valence-corrected chi connectivity index (χ0v) is 21.1. The third-order valence-electron chi connectivity index (χ3n) is 7.04. The highest BCUT2D eigenvalue weighted by atomic mass is 16.2. The smallest absolute Gasteiger partial charge is 0.265 e. The zero-order chi connectivity index (χ0) is 25.8. The van der Waals surface area contributed by atoms with E-state index in [-0.39, 0.29) is 11.7 Å². The topological polar surface area (TPSA) is 112 Å². The number of nitrogens with one attached hydrogen (secondary N) is 3. The molecule has 8 heteroatoms. The summed E-state index contributed by atoms with van der Waals surface area (Å²) in [7, 11) is 2.01. The van der Waals surface area contributed by atoms with Crippen LogP contribution in [0.15, 0.2) is 72.8 Å². The molecule has 5 rings (SSSR count). The van der Waals surface area contributed by atoms with E-state index < -0.39 is 0 Å². The summed E-state index contributed by atoms with van der Waals surface area (Å²) in [6, 6.07) is 24.1. The van der Waals surface area contributed by atoms with E-state index in [1.54, 1.807) is 0 Å². The number of nitrogens with two attached hydrogens (primary N) is 1. The van der Waals surface area contributed by atoms with Gasteiger partial charge in [-0.3, -0.25) is 15.6 Å². The Morgan fingerprint density at radius 1 is 1.00 bits per heavy atom. The number of aromatic nitrogens is 2. The summed E-state index contributed by atoms with van der Waals surface area (Å²) in [4.78, 5) is 17.8. The molecule has 1 fully saturated rings. The summed E-state index contributed by atoms with van der Waals surface area (Å²) < 4.78 is 2.09. The van der Waals surface area contributed by atoms with Gasteiger partial charge in [0.15, 0.2) is 0 Å². The number of aryl methyl sites for hydroxylation is 3. The predicted octanol–water partition coefficient (Wildman–Crippen LogP) is 3.86. The summed E-state index contributed by atoms with van der Waals surface area (Å²) in [6.07, 6.45) is 3.54. The summed E-state index contributed by atoms with van der Waals surface area (Å²) >= 11 is 0. The number of carbonyl (C=O) groups excluding carboxylic acids is 1. The van der Waals surface area contributed by atoms with Gasteiger partial charge in [0.1, 0.15) is 11.7 Å². The van der Waals surface area contributed by atoms with E-state index >= 15 is 0 Å². The van der Waals surface area contributed by atoms with Crippen molar-refractivity contribution >= 4 is 28.5 Å². The van der Waals surface area contributed by atoms with Gasteiger partial charge in [-0.1, -0.05) is 42.5 Å². The van der Waals surface area contributed by atoms with Gasteiger partial charge < -0.3 is 15.6 Å². The van der Waals surface area contributed by atoms with Crippen molar-refractivity contribution in [2.45, 2.75) is 31.7 Å². The van der Waals surface area contributed by atoms with Crippen molar-refractivity contribution in [1.29, 1.82) is 5.41 Å². The molecule has 1 amide bonds. The average Bonchev–Trinajstić information content (AvgIpc) is 3.24. The lowest BCUT2D eigenvalue weighted by Gasteiger charge is -2.32. The summed E-state index contributed by atoms with van der Waals surface area (Å²) in [5.41, 5.74) is 14.1. The molecule has 37 heavy (non-hydrogen) atoms. The number of rotatable bonds is 8. The molecule has 8 nitrogen and oxygen atoms in total. The Morgan fingerprint density at radius 2 is 1.70 bits per heavy atom. The summed E-state index contributed by atoms with van der Waals surface area (Å²) in [6.45, 7) is 1.61. The Kier molecular flexibility index (Phi) is 7.18. The molecule has 0 saturated carbocycles. The lowest BCUT2D eigenvalue weighted by molar-refractivity contribution is 0.0741. The Labute approximate surface area is 217 Å². The Bertz CT molecular complexity index is 1390. The lowest BCUT2D eigenvalue weighted by atomic mass is 10.1. The van der Waals surface area contributed by atoms with E-state index in [1.165, 1.54) is 5.56 Å². The maximum atomic E-state index is 13.0. The molecule has 0 spiro atoms. The Balaban J connectivity index is 1.17. The second kappa shape index (κ2) is 10.8. The monoisotopic (exact) mass is 495 g/mol. The standard InChI is InChI=1S/C29H33N7O/c1-35-26-13-12-22(19-25(26)33-27(35)14-9-20-7-10-21(11-8-20)28(30)31)29(37)34-36-17-15-24(16-18-36)32-23-5-3-2-4-6-23/h2-8,10-13,19,24,32H,9,14-18H2,1H3,(H3,30,31)(H,34,37). The van der Waals surface area contributed by atoms with Gasteiger partial charge in [-0.2, -0.15) is 0 Å². The molecule has 1 aliphatic rings. The average molecular weight is 496 g/mol. The van der Waals surface area contributed by atoms with Gasteiger partial charge in [-0.05, 0) is 55.2 Å². The maximum absolute atomic E-state index is 13.0. The molecule has 4 aromatic rings. The number of hydrogen-bond donors (Lipinski definition) is 4. The maximum Gasteiger partial charge on any atom is 0.265 e. The highest BCUT2D eigenvalue weighted by Gasteiger charge is 2.21. The highest BCUT2D eigenvalue weighted by molar-refractivity contribution is 5.97. The normalized spacial score (nSPS) is 14.5. The molecule has 3 aromatic carbocycles. The van der Waals surface area contributed by atoms with Crippen LogP contribution in [-0.2, 0) is 19.9 Å². The van der Waals surface area contributed by atoms with E-state index in [1.807, 2.05) is 72.7 Å². The van der Waals surface area contributed by atoms with Crippen molar-refractivity contribution in [3.05, 3.63) is 95.3 Å². The molecule has 0 unspecified atom stereocenters. The first kappa shape index (κ1) is 24.5. The number of imidazole rings is 1. The molecule has 1 aliphatic heterocycles. The molecule has 1 aromatic heterocycles. The van der Waals surface area contributed by atoms with Gasteiger partial charge in [-0.25, -0.2) is 9.99 Å². The molecule has 0 bridgehead atoms. The van der Waals surface area contributed by atoms with Crippen LogP contribution >= 0.6 is 0 Å². The number of hydrogen-bond acceptors (Lipinski definition) is 5. The van der Waals surface area contributed by atoms with Gasteiger partial charge in [0.25, 0.3) is 5.91 Å². The second-order valence-electron chi connectivity index (χ2n) is 9.61. The zero-order valence-electron chi connectivity index (χ0n) is 21.1. The van der Waals surface area contributed by atoms with Gasteiger partial charge >= 0.3 is 0 Å². The van der Waals surface area contributed by atoms with Crippen LogP contribution in [0.2, 0.25) is 0 Å². The number of para-hydroxylation sites is 1. The number of piperidine rings is 1. The fraction of sp³-hybridized carbons (Fsp3) is 0.276. The van der Waals surface area contributed by atoms with E-state index in [9.17, 15) is 4.79 Å². The van der Waals surface area contributed by atoms with E-state index in [4.69, 9.17) is 16.1 Å². The third-order valence-corrected chi connectivity index (χ3v) is 7.04. The molecule has 0 aliphatic carbocycles. The van der Waals surface area contributed by atoms with Gasteiger partial charge in [0.2, 0.25) is 0 Å². The summed E-state index contributed by atoms with van der Waals surface area (Å²) in [5, 5.41) is 13.1. The van der Waals surface area contributed by atoms with Gasteiger partial charge in [0, 0.05) is 49.4 Å². The largest absolute Gasteiger partial charge is 0.384 e. The van der Waals surface area contributed by atoms with Crippen LogP contribution < -0.4 is 16.5 Å². The lowest BCUT2D eigenvalue weighted by Crippen LogP contribution is -2.48. The van der Waals surface area contributed by atoms with Crippen LogP contribution in [0.3, 0.4) is 0 Å². The summed E-state index contributed by atoms with van der Waals surface area (Å²) in [5.74, 6) is 0.941. The van der Waals surface area contributed by atoms with E-state index in [2.05, 4.69) is 27.4 Å². The first-order chi connectivity index (χ1) is 18.0. The first-order valence-electron chi connectivity index (χ1n) is 12.7. The number of nitrogens with zero attached hydrogens (tertiary/aromatic N) is 3. The van der Waals surface area contributed by atoms with Crippen molar-refractivity contribution in [2.24, 2.45) is 12.8 Å². The minimum absolute atomic E-state index is 0.0753. The first-order valence-corrected chi connectivity index (χ1v) is 12.7. The molecular weight excluding hydrogens is 462 g/mol. The van der Waals surface area contributed by atoms with Crippen molar-refractivity contribution in [3.63, 3.8) is 0 Å². The van der Waals surface area contributed by atoms with Gasteiger partial charge in [0.05, 0.1) is 11.0 Å². The quantitative estimate of drug-likeness (QED) is 0.219. The number of fused-ring (bicyclic) bond motifs is 1. The number of benzene rings is 3. The minimum Gasteiger partial charge on any atom is -0.384 e. The molecule has 2 heterocycles. The Morgan fingerprint density at radius 3 is 2.41 bits per heavy atom. The fourth-order valence-corrected chi connectivity index (χ4v) is 4.84. The van der Waals surface area contributed by atoms with Crippen LogP contribution in [0.4, 0.5) is 5.69 Å². The van der Waals surface area contributed by atoms with Crippen molar-refractivity contribution in [3.8, 4) is 0 Å². The SMILES string of the molecule is Cn1c(CCc2ccc(C(=N)N)cc2)nc2cc(C(=O)NN3CCC(Nc4ccccc4)CC3)ccc21. The molecule has 1 saturated heterocycles. The third kappa shape index (κ3) is 5.81. The minimum atomic E-state index is -0.103. The fourth-order valence-electron chi connectivity index (χ4n) is 4.84. The number of hydrazine groups is 1. The number of carbonyl (C=O) groups is 1. The van der Waals surface area contributed by atoms with E-state index in [0.717, 1.165) is 66.9 Å². The number of anilines is 1. The van der Waals surface area contributed by atoms with Crippen LogP contribution in [-0.4, -0.2) is 45.4 Å². The molecule has 5 N–H and O–H groups in total. The van der Waals surface area contributed by atoms with Gasteiger partial charge in [-0.15, -0.1) is 0 Å². The number of nitrogen functional groups attached to an aromatic ring is 1. The number of amidine groups is 1. The predicted molar refractivity (Wildman–Crippen MR) is 148 cm³/mol. The number of amides is 1. The van der Waals surface area contributed by atoms with Crippen LogP contribution in [0.25, 0.3) is 11.0 Å². The van der Waals surface area contributed by atoms with Crippen LogP contribution in [0, 0.1) is 5.41 Å². The molecule has 0 atom stereocenters. The second-order valence-corrected chi connectivity index (χ2v) is 9.61. The van der Waals surface area contributed by atoms with E-state index in [0.29, 0.717) is 11.6 Å². The van der Waals surface area contributed by atoms with Crippen molar-refractivity contribution < 1.29 is 4.79 Å². The Hall–Kier alpha value is -4.17. The molecule has 190 valence electrons. The van der Waals surface area contributed by atoms with Crippen LogP contribution in [0.1, 0.15) is 40.2 Å². The van der Waals surface area contributed by atoms with Crippen molar-refractivity contribution in [2.75, 3.05) is 18.4 Å². The van der Waals surface area contributed by atoms with Crippen molar-refractivity contribution in [1.82, 2.24) is 20.0 Å².